The van der Waals surface area contributed by atoms with Crippen molar-refractivity contribution >= 4 is 12.4 Å². The molecule has 1 amide bonds. The number of carbonyl (C=O) groups excluding carboxylic acids is 1. The lowest BCUT2D eigenvalue weighted by Crippen LogP contribution is -2.33. The van der Waals surface area contributed by atoms with Crippen molar-refractivity contribution in [2.75, 3.05) is 5.32 Å². The monoisotopic (exact) mass is 476 g/mol. The maximum absolute atomic E-state index is 15.2. The van der Waals surface area contributed by atoms with Gasteiger partial charge in [-0.05, 0) is 86.9 Å². The van der Waals surface area contributed by atoms with Crippen molar-refractivity contribution < 1.29 is 13.9 Å². The lowest BCUT2D eigenvalue weighted by Gasteiger charge is -2.26. The molecule has 0 spiro atoms. The Morgan fingerprint density at radius 3 is 2.66 bits per heavy atom. The van der Waals surface area contributed by atoms with Gasteiger partial charge in [-0.25, -0.2) is 19.3 Å². The summed E-state index contributed by atoms with van der Waals surface area (Å²) in [5.74, 6) is 0.377. The molecule has 0 atom stereocenters. The number of rotatable bonds is 8. The fourth-order valence-electron chi connectivity index (χ4n) is 4.68. The molecule has 4 N–H and O–H groups in total. The van der Waals surface area contributed by atoms with E-state index in [4.69, 9.17) is 10.5 Å². The van der Waals surface area contributed by atoms with E-state index in [0.29, 0.717) is 29.2 Å². The van der Waals surface area contributed by atoms with Crippen LogP contribution in [0.5, 0.6) is 11.6 Å². The lowest BCUT2D eigenvalue weighted by molar-refractivity contribution is -0.110. The SMILES string of the molecule is Cc1cc(C2(NC=O)CC2)cc(F)c1Oc1ncccc1-c1ccnc(NC2CCC(N)CC2)n1. The van der Waals surface area contributed by atoms with Crippen LogP contribution in [0, 0.1) is 12.7 Å². The highest BCUT2D eigenvalue weighted by atomic mass is 19.1. The van der Waals surface area contributed by atoms with Crippen molar-refractivity contribution in [3.05, 3.63) is 59.7 Å². The lowest BCUT2D eigenvalue weighted by atomic mass is 9.92. The van der Waals surface area contributed by atoms with Gasteiger partial charge in [0.1, 0.15) is 0 Å². The van der Waals surface area contributed by atoms with Crippen LogP contribution in [-0.2, 0) is 10.3 Å². The van der Waals surface area contributed by atoms with Gasteiger partial charge < -0.3 is 21.1 Å². The van der Waals surface area contributed by atoms with E-state index in [1.165, 1.54) is 6.07 Å². The molecule has 8 nitrogen and oxygen atoms in total. The number of ether oxygens (including phenoxy) is 1. The molecule has 2 aromatic heterocycles. The number of benzene rings is 1. The fourth-order valence-corrected chi connectivity index (χ4v) is 4.68. The first-order chi connectivity index (χ1) is 17.0. The van der Waals surface area contributed by atoms with Gasteiger partial charge in [-0.1, -0.05) is 0 Å². The average Bonchev–Trinajstić information content (AvgIpc) is 3.64. The summed E-state index contributed by atoms with van der Waals surface area (Å²) in [4.78, 5) is 24.4. The highest BCUT2D eigenvalue weighted by Gasteiger charge is 2.44. The molecule has 2 aliphatic carbocycles. The molecule has 0 bridgehead atoms. The number of carbonyl (C=O) groups is 1. The topological polar surface area (TPSA) is 115 Å². The molecule has 9 heteroatoms. The number of nitrogens with two attached hydrogens (primary N) is 1. The van der Waals surface area contributed by atoms with Crippen LogP contribution in [0.4, 0.5) is 10.3 Å². The number of hydrogen-bond donors (Lipinski definition) is 3. The average molecular weight is 477 g/mol. The van der Waals surface area contributed by atoms with E-state index in [9.17, 15) is 4.79 Å². The van der Waals surface area contributed by atoms with Crippen molar-refractivity contribution in [3.8, 4) is 22.9 Å². The van der Waals surface area contributed by atoms with Gasteiger partial charge in [-0.3, -0.25) is 4.79 Å². The third kappa shape index (κ3) is 4.95. The van der Waals surface area contributed by atoms with Gasteiger partial charge in [0, 0.05) is 24.5 Å². The predicted octanol–water partition coefficient (Wildman–Crippen LogP) is 4.20. The Bertz CT molecular complexity index is 1200. The standard InChI is InChI=1S/C26H29FN6O2/c1-16-13-17(26(9-10-26)31-15-34)14-21(27)23(16)35-24-20(3-2-11-29-24)22-8-12-30-25(33-22)32-19-6-4-18(28)5-7-19/h2-3,8,11-15,18-19H,4-7,9-10,28H2,1H3,(H,31,34)(H,30,32,33). The van der Waals surface area contributed by atoms with Crippen LogP contribution in [0.15, 0.2) is 42.7 Å². The van der Waals surface area contributed by atoms with Gasteiger partial charge in [0.25, 0.3) is 0 Å². The Labute approximate surface area is 203 Å². The van der Waals surface area contributed by atoms with E-state index in [2.05, 4.69) is 25.6 Å². The molecule has 2 aliphatic rings. The maximum atomic E-state index is 15.2. The summed E-state index contributed by atoms with van der Waals surface area (Å²) in [5, 5.41) is 6.22. The van der Waals surface area contributed by atoms with Crippen molar-refractivity contribution in [1.82, 2.24) is 20.3 Å². The van der Waals surface area contributed by atoms with E-state index in [-0.39, 0.29) is 23.7 Å². The molecule has 0 saturated heterocycles. The largest absolute Gasteiger partial charge is 0.435 e. The molecule has 0 radical (unpaired) electrons. The molecule has 0 aliphatic heterocycles. The third-order valence-corrected chi connectivity index (χ3v) is 6.87. The first-order valence-electron chi connectivity index (χ1n) is 12.0. The van der Waals surface area contributed by atoms with Crippen LogP contribution in [0.25, 0.3) is 11.3 Å². The summed E-state index contributed by atoms with van der Waals surface area (Å²) < 4.78 is 21.2. The quantitative estimate of drug-likeness (QED) is 0.418. The summed E-state index contributed by atoms with van der Waals surface area (Å²) in [6.07, 6.45) is 9.44. The van der Waals surface area contributed by atoms with Crippen LogP contribution in [0.2, 0.25) is 0 Å². The zero-order chi connectivity index (χ0) is 24.4. The van der Waals surface area contributed by atoms with Crippen molar-refractivity contribution in [2.24, 2.45) is 5.73 Å². The molecular weight excluding hydrogens is 447 g/mol. The van der Waals surface area contributed by atoms with Gasteiger partial charge in [0.15, 0.2) is 11.6 Å². The highest BCUT2D eigenvalue weighted by Crippen LogP contribution is 2.47. The van der Waals surface area contributed by atoms with Crippen LogP contribution in [0.1, 0.15) is 49.7 Å². The molecule has 2 fully saturated rings. The van der Waals surface area contributed by atoms with Crippen LogP contribution in [0.3, 0.4) is 0 Å². The molecule has 1 aromatic carbocycles. The second-order valence-electron chi connectivity index (χ2n) is 9.43. The molecule has 3 aromatic rings. The Morgan fingerprint density at radius 1 is 1.14 bits per heavy atom. The van der Waals surface area contributed by atoms with E-state index >= 15 is 4.39 Å². The Balaban J connectivity index is 1.39. The number of pyridine rings is 1. The molecule has 2 saturated carbocycles. The van der Waals surface area contributed by atoms with Gasteiger partial charge in [0.2, 0.25) is 18.2 Å². The fraction of sp³-hybridized carbons (Fsp3) is 0.385. The molecule has 5 rings (SSSR count). The third-order valence-electron chi connectivity index (χ3n) is 6.87. The van der Waals surface area contributed by atoms with Gasteiger partial charge in [-0.2, -0.15) is 0 Å². The summed E-state index contributed by atoms with van der Waals surface area (Å²) in [7, 11) is 0. The molecule has 2 heterocycles. The van der Waals surface area contributed by atoms with E-state index in [0.717, 1.165) is 44.1 Å². The zero-order valence-corrected chi connectivity index (χ0v) is 19.6. The van der Waals surface area contributed by atoms with Crippen molar-refractivity contribution in [1.29, 1.82) is 0 Å². The highest BCUT2D eigenvalue weighted by molar-refractivity contribution is 5.66. The number of hydrogen-bond acceptors (Lipinski definition) is 7. The minimum Gasteiger partial charge on any atom is -0.435 e. The molecule has 0 unspecified atom stereocenters. The molecular formula is C26H29FN6O2. The van der Waals surface area contributed by atoms with E-state index < -0.39 is 11.4 Å². The summed E-state index contributed by atoms with van der Waals surface area (Å²) in [6, 6.07) is 9.24. The number of nitrogens with zero attached hydrogens (tertiary/aromatic N) is 3. The minimum atomic E-state index is -0.504. The second-order valence-corrected chi connectivity index (χ2v) is 9.43. The first kappa shape index (κ1) is 23.2. The number of anilines is 1. The van der Waals surface area contributed by atoms with E-state index in [1.807, 2.05) is 12.1 Å². The Morgan fingerprint density at radius 2 is 1.94 bits per heavy atom. The normalized spacial score (nSPS) is 20.7. The molecule has 35 heavy (non-hydrogen) atoms. The molecule has 182 valence electrons. The first-order valence-corrected chi connectivity index (χ1v) is 12.0. The van der Waals surface area contributed by atoms with Crippen LogP contribution >= 0.6 is 0 Å². The number of aryl methyl sites for hydroxylation is 1. The zero-order valence-electron chi connectivity index (χ0n) is 19.6. The van der Waals surface area contributed by atoms with Gasteiger partial charge in [0.05, 0.1) is 16.8 Å². The summed E-state index contributed by atoms with van der Waals surface area (Å²) >= 11 is 0. The van der Waals surface area contributed by atoms with Crippen LogP contribution in [-0.4, -0.2) is 33.4 Å². The smallest absolute Gasteiger partial charge is 0.228 e. The Kier molecular flexibility index (Phi) is 6.34. The number of nitrogens with one attached hydrogen (secondary N) is 2. The van der Waals surface area contributed by atoms with E-state index in [1.54, 1.807) is 31.5 Å². The van der Waals surface area contributed by atoms with Gasteiger partial charge >= 0.3 is 0 Å². The maximum Gasteiger partial charge on any atom is 0.228 e. The minimum absolute atomic E-state index is 0.0987. The summed E-state index contributed by atoms with van der Waals surface area (Å²) in [5.41, 5.74) is 8.16. The van der Waals surface area contributed by atoms with Crippen molar-refractivity contribution in [3.63, 3.8) is 0 Å². The van der Waals surface area contributed by atoms with Gasteiger partial charge in [-0.15, -0.1) is 0 Å². The van der Waals surface area contributed by atoms with Crippen molar-refractivity contribution in [2.45, 2.75) is 63.1 Å². The number of amides is 1. The predicted molar refractivity (Wildman–Crippen MR) is 130 cm³/mol. The van der Waals surface area contributed by atoms with Crippen LogP contribution < -0.4 is 21.1 Å². The number of aromatic nitrogens is 3. The second kappa shape index (κ2) is 9.58. The summed E-state index contributed by atoms with van der Waals surface area (Å²) in [6.45, 7) is 1.78. The number of halogens is 1. The Hall–Kier alpha value is -3.59.